The van der Waals surface area contributed by atoms with Crippen LogP contribution < -0.4 is 11.3 Å². The number of hydrogen-bond donors (Lipinski definition) is 2. The average molecular weight is 296 g/mol. The summed E-state index contributed by atoms with van der Waals surface area (Å²) in [6.45, 7) is 0.0222. The SMILES string of the molecule is N/C(=N/O)c1cccn(Cc2ccc(Cl)cc2F)c1=O. The van der Waals surface area contributed by atoms with Crippen molar-refractivity contribution in [1.82, 2.24) is 4.57 Å². The van der Waals surface area contributed by atoms with Gasteiger partial charge in [0.05, 0.1) is 12.1 Å². The number of pyridine rings is 1. The van der Waals surface area contributed by atoms with E-state index in [9.17, 15) is 9.18 Å². The third-order valence-electron chi connectivity index (χ3n) is 2.76. The number of hydrogen-bond acceptors (Lipinski definition) is 3. The van der Waals surface area contributed by atoms with Crippen molar-refractivity contribution >= 4 is 17.4 Å². The predicted molar refractivity (Wildman–Crippen MR) is 73.7 cm³/mol. The Labute approximate surface area is 118 Å². The molecule has 0 amide bonds. The maximum absolute atomic E-state index is 13.7. The molecular formula is C13H11ClFN3O2. The number of nitrogens with two attached hydrogens (primary N) is 1. The van der Waals surface area contributed by atoms with E-state index in [1.54, 1.807) is 12.1 Å². The van der Waals surface area contributed by atoms with Gasteiger partial charge in [-0.15, -0.1) is 0 Å². The summed E-state index contributed by atoms with van der Waals surface area (Å²) in [5, 5.41) is 11.7. The molecule has 1 heterocycles. The minimum Gasteiger partial charge on any atom is -0.409 e. The summed E-state index contributed by atoms with van der Waals surface area (Å²) < 4.78 is 15.0. The molecule has 0 bridgehead atoms. The van der Waals surface area contributed by atoms with Crippen molar-refractivity contribution in [3.8, 4) is 0 Å². The fourth-order valence-corrected chi connectivity index (χ4v) is 1.90. The van der Waals surface area contributed by atoms with E-state index >= 15 is 0 Å². The molecule has 1 aromatic heterocycles. The smallest absolute Gasteiger partial charge is 0.261 e. The molecule has 0 saturated carbocycles. The Kier molecular flexibility index (Phi) is 4.05. The van der Waals surface area contributed by atoms with Crippen molar-refractivity contribution in [3.05, 3.63) is 68.8 Å². The quantitative estimate of drug-likeness (QED) is 0.392. The third-order valence-corrected chi connectivity index (χ3v) is 2.99. The summed E-state index contributed by atoms with van der Waals surface area (Å²) >= 11 is 5.67. The summed E-state index contributed by atoms with van der Waals surface area (Å²) in [5.74, 6) is -0.792. The Balaban J connectivity index is 2.42. The zero-order valence-corrected chi connectivity index (χ0v) is 11.0. The Morgan fingerprint density at radius 3 is 2.85 bits per heavy atom. The molecular weight excluding hydrogens is 285 g/mol. The summed E-state index contributed by atoms with van der Waals surface area (Å²) in [6.07, 6.45) is 1.49. The average Bonchev–Trinajstić information content (AvgIpc) is 2.43. The van der Waals surface area contributed by atoms with E-state index in [1.165, 1.54) is 29.0 Å². The maximum Gasteiger partial charge on any atom is 0.261 e. The van der Waals surface area contributed by atoms with Crippen LogP contribution in [0.1, 0.15) is 11.1 Å². The topological polar surface area (TPSA) is 80.6 Å². The molecule has 0 aliphatic heterocycles. The number of aromatic nitrogens is 1. The van der Waals surface area contributed by atoms with Gasteiger partial charge in [-0.05, 0) is 24.3 Å². The second-order valence-electron chi connectivity index (χ2n) is 4.08. The van der Waals surface area contributed by atoms with Crippen molar-refractivity contribution in [2.75, 3.05) is 0 Å². The predicted octanol–water partition coefficient (Wildman–Crippen LogP) is 1.78. The Bertz CT molecular complexity index is 728. The molecule has 0 aliphatic rings. The monoisotopic (exact) mass is 295 g/mol. The summed E-state index contributed by atoms with van der Waals surface area (Å²) in [4.78, 5) is 12.1. The van der Waals surface area contributed by atoms with E-state index in [0.717, 1.165) is 0 Å². The summed E-state index contributed by atoms with van der Waals surface area (Å²) in [6, 6.07) is 7.20. The largest absolute Gasteiger partial charge is 0.409 e. The molecule has 2 aromatic rings. The van der Waals surface area contributed by atoms with E-state index in [4.69, 9.17) is 22.5 Å². The van der Waals surface area contributed by atoms with Crippen LogP contribution >= 0.6 is 11.6 Å². The van der Waals surface area contributed by atoms with Gasteiger partial charge in [-0.1, -0.05) is 22.8 Å². The van der Waals surface area contributed by atoms with Crippen LogP contribution in [0.2, 0.25) is 5.02 Å². The molecule has 1 aromatic carbocycles. The fourth-order valence-electron chi connectivity index (χ4n) is 1.74. The van der Waals surface area contributed by atoms with Gasteiger partial charge in [0.15, 0.2) is 5.84 Å². The molecule has 0 atom stereocenters. The van der Waals surface area contributed by atoms with E-state index in [2.05, 4.69) is 5.16 Å². The number of oxime groups is 1. The summed E-state index contributed by atoms with van der Waals surface area (Å²) in [7, 11) is 0. The highest BCUT2D eigenvalue weighted by Gasteiger charge is 2.10. The van der Waals surface area contributed by atoms with Gasteiger partial charge in [0.2, 0.25) is 0 Å². The molecule has 104 valence electrons. The first-order chi connectivity index (χ1) is 9.52. The first-order valence-corrected chi connectivity index (χ1v) is 6.02. The Hall–Kier alpha value is -2.34. The second-order valence-corrected chi connectivity index (χ2v) is 4.51. The first kappa shape index (κ1) is 14.1. The number of benzene rings is 1. The van der Waals surface area contributed by atoms with Gasteiger partial charge >= 0.3 is 0 Å². The van der Waals surface area contributed by atoms with Crippen LogP contribution in [0.15, 0.2) is 46.5 Å². The van der Waals surface area contributed by atoms with Crippen LogP contribution in [0, 0.1) is 5.82 Å². The number of amidine groups is 1. The zero-order chi connectivity index (χ0) is 14.7. The van der Waals surface area contributed by atoms with Gasteiger partial charge in [-0.25, -0.2) is 4.39 Å². The van der Waals surface area contributed by atoms with Crippen LogP contribution in [0.25, 0.3) is 0 Å². The van der Waals surface area contributed by atoms with Crippen LogP contribution in [-0.2, 0) is 6.54 Å². The number of rotatable bonds is 3. The van der Waals surface area contributed by atoms with Crippen molar-refractivity contribution < 1.29 is 9.60 Å². The highest BCUT2D eigenvalue weighted by molar-refractivity contribution is 6.30. The third kappa shape index (κ3) is 2.80. The molecule has 20 heavy (non-hydrogen) atoms. The maximum atomic E-state index is 13.7. The number of nitrogens with zero attached hydrogens (tertiary/aromatic N) is 2. The van der Waals surface area contributed by atoms with Gasteiger partial charge < -0.3 is 15.5 Å². The minimum absolute atomic E-state index is 0.0222. The van der Waals surface area contributed by atoms with Crippen molar-refractivity contribution in [1.29, 1.82) is 0 Å². The highest BCUT2D eigenvalue weighted by atomic mass is 35.5. The van der Waals surface area contributed by atoms with Crippen molar-refractivity contribution in [2.45, 2.75) is 6.54 Å². The van der Waals surface area contributed by atoms with Gasteiger partial charge in [0.1, 0.15) is 5.82 Å². The molecule has 2 rings (SSSR count). The summed E-state index contributed by atoms with van der Waals surface area (Å²) in [5.41, 5.74) is 5.29. The van der Waals surface area contributed by atoms with E-state index in [0.29, 0.717) is 5.56 Å². The zero-order valence-electron chi connectivity index (χ0n) is 10.3. The lowest BCUT2D eigenvalue weighted by Gasteiger charge is -2.08. The van der Waals surface area contributed by atoms with Crippen LogP contribution in [0.5, 0.6) is 0 Å². The van der Waals surface area contributed by atoms with Gasteiger partial charge in [-0.2, -0.15) is 0 Å². The molecule has 0 unspecified atom stereocenters. The van der Waals surface area contributed by atoms with E-state index < -0.39 is 11.4 Å². The Morgan fingerprint density at radius 1 is 1.45 bits per heavy atom. The molecule has 5 nitrogen and oxygen atoms in total. The van der Waals surface area contributed by atoms with E-state index in [-0.39, 0.29) is 23.0 Å². The molecule has 3 N–H and O–H groups in total. The fraction of sp³-hybridized carbons (Fsp3) is 0.0769. The van der Waals surface area contributed by atoms with Gasteiger partial charge in [0, 0.05) is 16.8 Å². The lowest BCUT2D eigenvalue weighted by molar-refractivity contribution is 0.318. The molecule has 0 saturated heterocycles. The Morgan fingerprint density at radius 2 is 2.20 bits per heavy atom. The van der Waals surface area contributed by atoms with Crippen LogP contribution in [0.4, 0.5) is 4.39 Å². The van der Waals surface area contributed by atoms with Crippen LogP contribution in [-0.4, -0.2) is 15.6 Å². The van der Waals surface area contributed by atoms with Gasteiger partial charge in [-0.3, -0.25) is 4.79 Å². The lowest BCUT2D eigenvalue weighted by Crippen LogP contribution is -2.30. The lowest BCUT2D eigenvalue weighted by atomic mass is 10.2. The standard InChI is InChI=1S/C13H11ClFN3O2/c14-9-4-3-8(11(15)6-9)7-18-5-1-2-10(13(18)19)12(16)17-20/h1-6,20H,7H2,(H2,16,17). The molecule has 0 fully saturated rings. The normalized spacial score (nSPS) is 11.6. The molecule has 0 radical (unpaired) electrons. The van der Waals surface area contributed by atoms with Crippen molar-refractivity contribution in [3.63, 3.8) is 0 Å². The second kappa shape index (κ2) is 5.75. The minimum atomic E-state index is -0.501. The van der Waals surface area contributed by atoms with Gasteiger partial charge in [0.25, 0.3) is 5.56 Å². The number of halogens is 2. The molecule has 7 heteroatoms. The van der Waals surface area contributed by atoms with Crippen molar-refractivity contribution in [2.24, 2.45) is 10.9 Å². The highest BCUT2D eigenvalue weighted by Crippen LogP contribution is 2.15. The molecule has 0 aliphatic carbocycles. The molecule has 0 spiro atoms. The van der Waals surface area contributed by atoms with E-state index in [1.807, 2.05) is 0 Å². The first-order valence-electron chi connectivity index (χ1n) is 5.64. The van der Waals surface area contributed by atoms with Crippen LogP contribution in [0.3, 0.4) is 0 Å².